The molecule has 5 heteroatoms. The Morgan fingerprint density at radius 1 is 1.20 bits per heavy atom. The molecule has 1 amide bonds. The van der Waals surface area contributed by atoms with Crippen molar-refractivity contribution in [2.24, 2.45) is 0 Å². The van der Waals surface area contributed by atoms with Crippen LogP contribution >= 0.6 is 24.0 Å². The van der Waals surface area contributed by atoms with Crippen LogP contribution in [-0.4, -0.2) is 12.5 Å². The second-order valence-electron chi connectivity index (χ2n) is 4.48. The van der Waals surface area contributed by atoms with Crippen molar-refractivity contribution in [2.75, 3.05) is 17.2 Å². The van der Waals surface area contributed by atoms with Gasteiger partial charge in [0, 0.05) is 17.9 Å². The highest BCUT2D eigenvalue weighted by molar-refractivity contribution is 6.34. The standard InChI is InChI=1S/C15H13ClN2O.ClH/c16-13-4-2-1-3-12(13)15(19)18-11-5-6-14-10(9-11)7-8-17-14;/h1-6,9,17H,7-8H2,(H,18,19);1H. The summed E-state index contributed by atoms with van der Waals surface area (Å²) in [5.41, 5.74) is 3.67. The van der Waals surface area contributed by atoms with Gasteiger partial charge in [0.05, 0.1) is 10.6 Å². The van der Waals surface area contributed by atoms with Crippen molar-refractivity contribution in [3.8, 4) is 0 Å². The van der Waals surface area contributed by atoms with Crippen LogP contribution in [0.3, 0.4) is 0 Å². The summed E-state index contributed by atoms with van der Waals surface area (Å²) in [6.45, 7) is 0.956. The molecule has 0 spiro atoms. The zero-order valence-corrected chi connectivity index (χ0v) is 12.2. The fourth-order valence-electron chi connectivity index (χ4n) is 2.23. The Hall–Kier alpha value is -1.71. The molecule has 1 aliphatic heterocycles. The largest absolute Gasteiger partial charge is 0.384 e. The van der Waals surface area contributed by atoms with E-state index in [4.69, 9.17) is 11.6 Å². The summed E-state index contributed by atoms with van der Waals surface area (Å²) in [6.07, 6.45) is 0.991. The Kier molecular flexibility index (Phi) is 4.53. The molecule has 0 aromatic heterocycles. The quantitative estimate of drug-likeness (QED) is 0.881. The van der Waals surface area contributed by atoms with Gasteiger partial charge < -0.3 is 10.6 Å². The zero-order valence-electron chi connectivity index (χ0n) is 10.7. The number of hydrogen-bond acceptors (Lipinski definition) is 2. The van der Waals surface area contributed by atoms with E-state index >= 15 is 0 Å². The monoisotopic (exact) mass is 308 g/mol. The Labute approximate surface area is 128 Å². The van der Waals surface area contributed by atoms with E-state index in [1.54, 1.807) is 24.3 Å². The maximum atomic E-state index is 12.1. The summed E-state index contributed by atoms with van der Waals surface area (Å²) >= 11 is 6.01. The smallest absolute Gasteiger partial charge is 0.257 e. The van der Waals surface area contributed by atoms with Crippen molar-refractivity contribution in [3.05, 3.63) is 58.6 Å². The first kappa shape index (κ1) is 14.7. The molecule has 1 aliphatic rings. The third-order valence-electron chi connectivity index (χ3n) is 3.19. The Balaban J connectivity index is 0.00000147. The van der Waals surface area contributed by atoms with E-state index in [2.05, 4.69) is 10.6 Å². The van der Waals surface area contributed by atoms with Gasteiger partial charge in [0.15, 0.2) is 0 Å². The average molecular weight is 309 g/mol. The number of carbonyl (C=O) groups excluding carboxylic acids is 1. The van der Waals surface area contributed by atoms with Gasteiger partial charge in [-0.25, -0.2) is 0 Å². The van der Waals surface area contributed by atoms with Crippen molar-refractivity contribution in [1.29, 1.82) is 0 Å². The topological polar surface area (TPSA) is 41.1 Å². The van der Waals surface area contributed by atoms with Crippen LogP contribution in [0.2, 0.25) is 5.02 Å². The van der Waals surface area contributed by atoms with Gasteiger partial charge in [-0.2, -0.15) is 0 Å². The number of amides is 1. The normalized spacial score (nSPS) is 12.1. The lowest BCUT2D eigenvalue weighted by Crippen LogP contribution is -2.12. The molecule has 0 unspecified atom stereocenters. The lowest BCUT2D eigenvalue weighted by Gasteiger charge is -2.08. The molecule has 0 saturated carbocycles. The highest BCUT2D eigenvalue weighted by Crippen LogP contribution is 2.26. The summed E-state index contributed by atoms with van der Waals surface area (Å²) in [4.78, 5) is 12.1. The number of halogens is 2. The van der Waals surface area contributed by atoms with Crippen molar-refractivity contribution < 1.29 is 4.79 Å². The molecule has 104 valence electrons. The Morgan fingerprint density at radius 3 is 2.80 bits per heavy atom. The maximum Gasteiger partial charge on any atom is 0.257 e. The molecule has 0 bridgehead atoms. The van der Waals surface area contributed by atoms with E-state index in [0.717, 1.165) is 24.3 Å². The molecule has 2 aromatic rings. The predicted molar refractivity (Wildman–Crippen MR) is 85.3 cm³/mol. The lowest BCUT2D eigenvalue weighted by molar-refractivity contribution is 0.102. The summed E-state index contributed by atoms with van der Waals surface area (Å²) < 4.78 is 0. The molecule has 0 fully saturated rings. The van der Waals surface area contributed by atoms with Crippen molar-refractivity contribution >= 4 is 41.3 Å². The summed E-state index contributed by atoms with van der Waals surface area (Å²) in [6, 6.07) is 12.9. The fraction of sp³-hybridized carbons (Fsp3) is 0.133. The molecule has 0 saturated heterocycles. The van der Waals surface area contributed by atoms with Crippen LogP contribution in [-0.2, 0) is 6.42 Å². The van der Waals surface area contributed by atoms with Crippen LogP contribution in [0.5, 0.6) is 0 Å². The van der Waals surface area contributed by atoms with Gasteiger partial charge in [-0.05, 0) is 42.3 Å². The van der Waals surface area contributed by atoms with Crippen LogP contribution in [0.15, 0.2) is 42.5 Å². The van der Waals surface area contributed by atoms with E-state index in [1.165, 1.54) is 5.56 Å². The third kappa shape index (κ3) is 2.89. The number of rotatable bonds is 2. The number of nitrogens with one attached hydrogen (secondary N) is 2. The first-order chi connectivity index (χ1) is 9.24. The van der Waals surface area contributed by atoms with E-state index in [-0.39, 0.29) is 18.3 Å². The fourth-order valence-corrected chi connectivity index (χ4v) is 2.45. The van der Waals surface area contributed by atoms with Gasteiger partial charge in [0.25, 0.3) is 5.91 Å². The molecule has 0 aliphatic carbocycles. The van der Waals surface area contributed by atoms with Crippen LogP contribution in [0.1, 0.15) is 15.9 Å². The van der Waals surface area contributed by atoms with Crippen molar-refractivity contribution in [2.45, 2.75) is 6.42 Å². The molecule has 0 atom stereocenters. The number of anilines is 2. The number of benzene rings is 2. The van der Waals surface area contributed by atoms with Gasteiger partial charge in [0.2, 0.25) is 0 Å². The van der Waals surface area contributed by atoms with Crippen LogP contribution in [0.25, 0.3) is 0 Å². The van der Waals surface area contributed by atoms with Crippen molar-refractivity contribution in [1.82, 2.24) is 0 Å². The maximum absolute atomic E-state index is 12.1. The molecular formula is C15H14Cl2N2O. The molecule has 3 nitrogen and oxygen atoms in total. The third-order valence-corrected chi connectivity index (χ3v) is 3.52. The minimum atomic E-state index is -0.184. The van der Waals surface area contributed by atoms with Gasteiger partial charge in [-0.15, -0.1) is 12.4 Å². The summed E-state index contributed by atoms with van der Waals surface area (Å²) in [7, 11) is 0. The summed E-state index contributed by atoms with van der Waals surface area (Å²) in [5.74, 6) is -0.184. The predicted octanol–water partition coefficient (Wildman–Crippen LogP) is 3.98. The lowest BCUT2D eigenvalue weighted by atomic mass is 10.1. The van der Waals surface area contributed by atoms with E-state index in [9.17, 15) is 4.79 Å². The van der Waals surface area contributed by atoms with Crippen molar-refractivity contribution in [3.63, 3.8) is 0 Å². The number of hydrogen-bond donors (Lipinski definition) is 2. The van der Waals surface area contributed by atoms with Gasteiger partial charge >= 0.3 is 0 Å². The second kappa shape index (κ2) is 6.16. The van der Waals surface area contributed by atoms with E-state index in [1.807, 2.05) is 18.2 Å². The van der Waals surface area contributed by atoms with Crippen LogP contribution in [0, 0.1) is 0 Å². The Bertz CT molecular complexity index is 644. The summed E-state index contributed by atoms with van der Waals surface area (Å²) in [5, 5.41) is 6.63. The average Bonchev–Trinajstić information content (AvgIpc) is 2.86. The van der Waals surface area contributed by atoms with Gasteiger partial charge in [-0.1, -0.05) is 23.7 Å². The zero-order chi connectivity index (χ0) is 13.2. The Morgan fingerprint density at radius 2 is 2.00 bits per heavy atom. The van der Waals surface area contributed by atoms with Gasteiger partial charge in [-0.3, -0.25) is 4.79 Å². The molecular weight excluding hydrogens is 295 g/mol. The second-order valence-corrected chi connectivity index (χ2v) is 4.89. The molecule has 1 heterocycles. The highest BCUT2D eigenvalue weighted by atomic mass is 35.5. The molecule has 0 radical (unpaired) electrons. The first-order valence-corrected chi connectivity index (χ1v) is 6.54. The van der Waals surface area contributed by atoms with Crippen LogP contribution in [0.4, 0.5) is 11.4 Å². The SMILES string of the molecule is Cl.O=C(Nc1ccc2c(c1)CCN2)c1ccccc1Cl. The first-order valence-electron chi connectivity index (χ1n) is 6.17. The van der Waals surface area contributed by atoms with E-state index in [0.29, 0.717) is 10.6 Å². The molecule has 3 rings (SSSR count). The minimum absolute atomic E-state index is 0. The van der Waals surface area contributed by atoms with Gasteiger partial charge in [0.1, 0.15) is 0 Å². The minimum Gasteiger partial charge on any atom is -0.384 e. The number of carbonyl (C=O) groups is 1. The molecule has 2 N–H and O–H groups in total. The molecule has 2 aromatic carbocycles. The van der Waals surface area contributed by atoms with Crippen LogP contribution < -0.4 is 10.6 Å². The highest BCUT2D eigenvalue weighted by Gasteiger charge is 2.13. The molecule has 20 heavy (non-hydrogen) atoms. The number of fused-ring (bicyclic) bond motifs is 1. The van der Waals surface area contributed by atoms with E-state index < -0.39 is 0 Å².